The molecule has 1 unspecified atom stereocenters. The van der Waals surface area contributed by atoms with Crippen molar-refractivity contribution in [3.63, 3.8) is 0 Å². The van der Waals surface area contributed by atoms with Crippen LogP contribution in [0.15, 0.2) is 30.8 Å². The summed E-state index contributed by atoms with van der Waals surface area (Å²) in [7, 11) is 2.14. The highest BCUT2D eigenvalue weighted by Crippen LogP contribution is 2.30. The second kappa shape index (κ2) is 8.23. The van der Waals surface area contributed by atoms with Crippen molar-refractivity contribution in [2.24, 2.45) is 5.92 Å². The van der Waals surface area contributed by atoms with Gasteiger partial charge in [-0.25, -0.2) is 0 Å². The van der Waals surface area contributed by atoms with Gasteiger partial charge >= 0.3 is 0 Å². The minimum atomic E-state index is -0.148. The SMILES string of the molecule is C=C1c2ccccc2C(=O)N1CC(=O)NCC(C(C)C)N1CCN(C)CC1. The maximum absolute atomic E-state index is 12.5. The summed E-state index contributed by atoms with van der Waals surface area (Å²) in [5.74, 6) is 0.156. The maximum Gasteiger partial charge on any atom is 0.259 e. The maximum atomic E-state index is 12.5. The average Bonchev–Trinajstić information content (AvgIpc) is 2.88. The zero-order valence-electron chi connectivity index (χ0n) is 16.6. The molecule has 0 radical (unpaired) electrons. The number of likely N-dealkylation sites (N-methyl/N-ethyl adjacent to an activating group) is 1. The van der Waals surface area contributed by atoms with Gasteiger partial charge in [0.1, 0.15) is 6.54 Å². The fraction of sp³-hybridized carbons (Fsp3) is 0.524. The van der Waals surface area contributed by atoms with Gasteiger partial charge < -0.3 is 10.2 Å². The fourth-order valence-electron chi connectivity index (χ4n) is 3.86. The van der Waals surface area contributed by atoms with E-state index < -0.39 is 0 Å². The predicted octanol–water partition coefficient (Wildman–Crippen LogP) is 1.50. The van der Waals surface area contributed by atoms with Crippen molar-refractivity contribution in [3.8, 4) is 0 Å². The molecular formula is C21H30N4O2. The Morgan fingerprint density at radius 2 is 1.78 bits per heavy atom. The number of nitrogens with one attached hydrogen (secondary N) is 1. The number of benzene rings is 1. The molecule has 2 amide bonds. The summed E-state index contributed by atoms with van der Waals surface area (Å²) in [6, 6.07) is 7.66. The zero-order chi connectivity index (χ0) is 19.6. The van der Waals surface area contributed by atoms with E-state index in [0.29, 0.717) is 29.8 Å². The summed E-state index contributed by atoms with van der Waals surface area (Å²) < 4.78 is 0. The van der Waals surface area contributed by atoms with Gasteiger partial charge in [-0.15, -0.1) is 0 Å². The van der Waals surface area contributed by atoms with Gasteiger partial charge in [-0.3, -0.25) is 19.4 Å². The van der Waals surface area contributed by atoms with Crippen molar-refractivity contribution >= 4 is 17.5 Å². The van der Waals surface area contributed by atoms with E-state index in [1.54, 1.807) is 6.07 Å². The first-order valence-corrected chi connectivity index (χ1v) is 9.68. The molecular weight excluding hydrogens is 340 g/mol. The standard InChI is InChI=1S/C21H30N4O2/c1-15(2)19(24-11-9-23(4)10-12-24)13-22-20(26)14-25-16(3)17-7-5-6-8-18(17)21(25)27/h5-8,15,19H,3,9-14H2,1-2,4H3,(H,22,26). The van der Waals surface area contributed by atoms with Crippen LogP contribution in [-0.2, 0) is 4.79 Å². The van der Waals surface area contributed by atoms with Gasteiger partial charge in [-0.05, 0) is 19.0 Å². The van der Waals surface area contributed by atoms with E-state index in [1.165, 1.54) is 4.90 Å². The van der Waals surface area contributed by atoms with E-state index in [-0.39, 0.29) is 18.4 Å². The van der Waals surface area contributed by atoms with Crippen LogP contribution in [0.2, 0.25) is 0 Å². The lowest BCUT2D eigenvalue weighted by Gasteiger charge is -2.40. The van der Waals surface area contributed by atoms with Crippen LogP contribution < -0.4 is 5.32 Å². The number of nitrogens with zero attached hydrogens (tertiary/aromatic N) is 3. The van der Waals surface area contributed by atoms with Crippen molar-refractivity contribution in [3.05, 3.63) is 42.0 Å². The van der Waals surface area contributed by atoms with Crippen molar-refractivity contribution in [1.82, 2.24) is 20.0 Å². The second-order valence-corrected chi connectivity index (χ2v) is 7.84. The lowest BCUT2D eigenvalue weighted by molar-refractivity contribution is -0.121. The van der Waals surface area contributed by atoms with Crippen LogP contribution >= 0.6 is 0 Å². The Labute approximate surface area is 161 Å². The summed E-state index contributed by atoms with van der Waals surface area (Å²) in [6.07, 6.45) is 0. The van der Waals surface area contributed by atoms with E-state index in [9.17, 15) is 9.59 Å². The van der Waals surface area contributed by atoms with Gasteiger partial charge in [0.2, 0.25) is 5.91 Å². The quantitative estimate of drug-likeness (QED) is 0.825. The van der Waals surface area contributed by atoms with Gasteiger partial charge in [0.05, 0.1) is 0 Å². The van der Waals surface area contributed by atoms with E-state index in [1.807, 2.05) is 18.2 Å². The molecule has 1 fully saturated rings. The molecule has 3 rings (SSSR count). The first-order chi connectivity index (χ1) is 12.9. The van der Waals surface area contributed by atoms with Crippen LogP contribution in [-0.4, -0.2) is 78.9 Å². The molecule has 27 heavy (non-hydrogen) atoms. The Balaban J connectivity index is 1.56. The number of hydrogen-bond acceptors (Lipinski definition) is 4. The normalized spacial score (nSPS) is 19.5. The van der Waals surface area contributed by atoms with E-state index >= 15 is 0 Å². The first kappa shape index (κ1) is 19.6. The van der Waals surface area contributed by atoms with E-state index in [2.05, 4.69) is 42.6 Å². The topological polar surface area (TPSA) is 55.9 Å². The molecule has 1 aromatic rings. The van der Waals surface area contributed by atoms with Gasteiger partial charge in [0, 0.05) is 55.6 Å². The summed E-state index contributed by atoms with van der Waals surface area (Å²) in [5, 5.41) is 3.04. The van der Waals surface area contributed by atoms with E-state index in [0.717, 1.165) is 31.7 Å². The molecule has 146 valence electrons. The van der Waals surface area contributed by atoms with Crippen molar-refractivity contribution in [2.45, 2.75) is 19.9 Å². The van der Waals surface area contributed by atoms with Crippen LogP contribution in [0.4, 0.5) is 0 Å². The first-order valence-electron chi connectivity index (χ1n) is 9.68. The smallest absolute Gasteiger partial charge is 0.259 e. The minimum Gasteiger partial charge on any atom is -0.353 e. The van der Waals surface area contributed by atoms with Crippen LogP contribution in [0.3, 0.4) is 0 Å². The van der Waals surface area contributed by atoms with Crippen LogP contribution in [0.25, 0.3) is 5.70 Å². The molecule has 0 aliphatic carbocycles. The molecule has 2 heterocycles. The molecule has 1 saturated heterocycles. The molecule has 0 saturated carbocycles. The third kappa shape index (κ3) is 4.22. The lowest BCUT2D eigenvalue weighted by atomic mass is 10.0. The molecule has 0 spiro atoms. The molecule has 1 N–H and O–H groups in total. The predicted molar refractivity (Wildman–Crippen MR) is 107 cm³/mol. The zero-order valence-corrected chi connectivity index (χ0v) is 16.6. The largest absolute Gasteiger partial charge is 0.353 e. The Morgan fingerprint density at radius 3 is 2.37 bits per heavy atom. The molecule has 1 atom stereocenters. The highest BCUT2D eigenvalue weighted by molar-refractivity contribution is 6.10. The minimum absolute atomic E-state index is 0.0138. The van der Waals surface area contributed by atoms with Crippen LogP contribution in [0, 0.1) is 5.92 Å². The molecule has 1 aromatic carbocycles. The number of carbonyl (C=O) groups is 2. The molecule has 6 nitrogen and oxygen atoms in total. The summed E-state index contributed by atoms with van der Waals surface area (Å²) in [5.41, 5.74) is 2.03. The van der Waals surface area contributed by atoms with Crippen molar-refractivity contribution in [1.29, 1.82) is 0 Å². The molecule has 0 aromatic heterocycles. The van der Waals surface area contributed by atoms with Gasteiger partial charge in [0.25, 0.3) is 5.91 Å². The lowest BCUT2D eigenvalue weighted by Crippen LogP contribution is -2.54. The number of rotatable bonds is 6. The van der Waals surface area contributed by atoms with E-state index in [4.69, 9.17) is 0 Å². The number of fused-ring (bicyclic) bond motifs is 1. The van der Waals surface area contributed by atoms with Gasteiger partial charge in [0.15, 0.2) is 0 Å². The summed E-state index contributed by atoms with van der Waals surface area (Å²) >= 11 is 0. The Hall–Kier alpha value is -2.18. The molecule has 2 aliphatic heterocycles. The monoisotopic (exact) mass is 370 g/mol. The van der Waals surface area contributed by atoms with Crippen LogP contribution in [0.1, 0.15) is 29.8 Å². The fourth-order valence-corrected chi connectivity index (χ4v) is 3.86. The summed E-state index contributed by atoms with van der Waals surface area (Å²) in [6.45, 7) is 13.1. The molecule has 0 bridgehead atoms. The Kier molecular flexibility index (Phi) is 5.97. The number of piperazine rings is 1. The molecule has 6 heteroatoms. The third-order valence-electron chi connectivity index (χ3n) is 5.63. The third-order valence-corrected chi connectivity index (χ3v) is 5.63. The Morgan fingerprint density at radius 1 is 1.15 bits per heavy atom. The highest BCUT2D eigenvalue weighted by Gasteiger charge is 2.32. The number of amides is 2. The van der Waals surface area contributed by atoms with Crippen molar-refractivity contribution < 1.29 is 9.59 Å². The highest BCUT2D eigenvalue weighted by atomic mass is 16.2. The van der Waals surface area contributed by atoms with Crippen molar-refractivity contribution in [2.75, 3.05) is 46.3 Å². The van der Waals surface area contributed by atoms with Gasteiger partial charge in [-0.2, -0.15) is 0 Å². The van der Waals surface area contributed by atoms with Crippen LogP contribution in [0.5, 0.6) is 0 Å². The second-order valence-electron chi connectivity index (χ2n) is 7.84. The summed E-state index contributed by atoms with van der Waals surface area (Å²) in [4.78, 5) is 31.3. The van der Waals surface area contributed by atoms with Gasteiger partial charge in [-0.1, -0.05) is 38.6 Å². The number of carbonyl (C=O) groups excluding carboxylic acids is 2. The Bertz CT molecular complexity index is 688. The molecule has 2 aliphatic rings. The number of hydrogen-bond donors (Lipinski definition) is 1. The average molecular weight is 370 g/mol.